The lowest BCUT2D eigenvalue weighted by molar-refractivity contribution is 0.0734. The fourth-order valence-electron chi connectivity index (χ4n) is 3.77. The van der Waals surface area contributed by atoms with Gasteiger partial charge in [0.05, 0.1) is 20.8 Å². The van der Waals surface area contributed by atoms with Gasteiger partial charge in [0, 0.05) is 10.9 Å². The zero-order chi connectivity index (χ0) is 26.2. The summed E-state index contributed by atoms with van der Waals surface area (Å²) in [5.41, 5.74) is 2.17. The van der Waals surface area contributed by atoms with E-state index in [-0.39, 0.29) is 5.91 Å². The standard InChI is InChI=1S/C28H23N3O3S.C2H6/c1-2-3-14-23-30-24-25(35-23)21-16-15-19(28(33)34-20-12-8-5-9-13-20)17-22(21)29-26(24)31-27(32)18-10-6-4-7-11-18;1-2/h4-13,15-17H,2-3,14H2,1H3,(H,29,31,32);1-2H3. The summed E-state index contributed by atoms with van der Waals surface area (Å²) in [6.07, 6.45) is 2.97. The van der Waals surface area contributed by atoms with Gasteiger partial charge in [-0.25, -0.2) is 14.8 Å². The first kappa shape index (κ1) is 26.0. The molecule has 0 aliphatic carbocycles. The fourth-order valence-corrected chi connectivity index (χ4v) is 4.91. The Hall–Kier alpha value is -4.10. The van der Waals surface area contributed by atoms with E-state index in [1.165, 1.54) is 0 Å². The van der Waals surface area contributed by atoms with Crippen molar-refractivity contribution in [3.8, 4) is 5.75 Å². The SMILES string of the molecule is CC.CCCCc1nc2c(NC(=O)c3ccccc3)nc3cc(C(=O)Oc4ccccc4)ccc3c2s1. The first-order chi connectivity index (χ1) is 18.1. The van der Waals surface area contributed by atoms with Crippen LogP contribution >= 0.6 is 11.3 Å². The lowest BCUT2D eigenvalue weighted by Crippen LogP contribution is -2.13. The molecule has 6 nitrogen and oxygen atoms in total. The molecule has 3 aromatic carbocycles. The largest absolute Gasteiger partial charge is 0.423 e. The first-order valence-corrected chi connectivity index (χ1v) is 13.3. The molecular formula is C30H29N3O3S. The molecule has 0 bridgehead atoms. The molecule has 2 heterocycles. The third-order valence-corrected chi connectivity index (χ3v) is 6.72. The Morgan fingerprint density at radius 3 is 2.30 bits per heavy atom. The lowest BCUT2D eigenvalue weighted by atomic mass is 10.1. The van der Waals surface area contributed by atoms with Crippen LogP contribution in [0.25, 0.3) is 21.1 Å². The van der Waals surface area contributed by atoms with Gasteiger partial charge < -0.3 is 10.1 Å². The van der Waals surface area contributed by atoms with Crippen molar-refractivity contribution in [2.45, 2.75) is 40.0 Å². The van der Waals surface area contributed by atoms with Crippen LogP contribution in [0, 0.1) is 0 Å². The minimum atomic E-state index is -0.470. The molecule has 0 unspecified atom stereocenters. The highest BCUT2D eigenvalue weighted by Crippen LogP contribution is 2.35. The first-order valence-electron chi connectivity index (χ1n) is 12.5. The molecule has 1 N–H and O–H groups in total. The van der Waals surface area contributed by atoms with E-state index >= 15 is 0 Å². The minimum absolute atomic E-state index is 0.262. The molecule has 5 aromatic rings. The van der Waals surface area contributed by atoms with E-state index in [4.69, 9.17) is 14.7 Å². The smallest absolute Gasteiger partial charge is 0.343 e. The maximum absolute atomic E-state index is 12.9. The Kier molecular flexibility index (Phi) is 8.59. The van der Waals surface area contributed by atoms with Gasteiger partial charge in [-0.3, -0.25) is 4.79 Å². The van der Waals surface area contributed by atoms with Crippen LogP contribution in [0.1, 0.15) is 59.3 Å². The molecule has 0 aliphatic rings. The molecule has 188 valence electrons. The van der Waals surface area contributed by atoms with E-state index < -0.39 is 5.97 Å². The second kappa shape index (κ2) is 12.2. The summed E-state index contributed by atoms with van der Waals surface area (Å²) < 4.78 is 6.43. The number of benzene rings is 3. The number of amides is 1. The molecule has 0 aliphatic heterocycles. The van der Waals surface area contributed by atoms with Gasteiger partial charge in [0.1, 0.15) is 11.3 Å². The number of unbranched alkanes of at least 4 members (excludes halogenated alkanes) is 1. The van der Waals surface area contributed by atoms with Crippen molar-refractivity contribution in [2.75, 3.05) is 5.32 Å². The molecule has 1 amide bonds. The van der Waals surface area contributed by atoms with Gasteiger partial charge in [0.25, 0.3) is 5.91 Å². The summed E-state index contributed by atoms with van der Waals surface area (Å²) in [6, 6.07) is 23.2. The number of pyridine rings is 1. The third kappa shape index (κ3) is 6.01. The van der Waals surface area contributed by atoms with Crippen molar-refractivity contribution in [1.29, 1.82) is 0 Å². The van der Waals surface area contributed by atoms with Crippen molar-refractivity contribution >= 4 is 50.2 Å². The van der Waals surface area contributed by atoms with Gasteiger partial charge in [-0.05, 0) is 49.2 Å². The van der Waals surface area contributed by atoms with Crippen molar-refractivity contribution in [3.63, 3.8) is 0 Å². The summed E-state index contributed by atoms with van der Waals surface area (Å²) in [4.78, 5) is 35.2. The van der Waals surface area contributed by atoms with E-state index in [1.54, 1.807) is 47.7 Å². The molecule has 7 heteroatoms. The Labute approximate surface area is 220 Å². The predicted octanol–water partition coefficient (Wildman–Crippen LogP) is 7.68. The van der Waals surface area contributed by atoms with Crippen molar-refractivity contribution in [1.82, 2.24) is 9.97 Å². The molecule has 0 saturated heterocycles. The van der Waals surface area contributed by atoms with Crippen LogP contribution in [0.15, 0.2) is 78.9 Å². The number of hydrogen-bond acceptors (Lipinski definition) is 6. The van der Waals surface area contributed by atoms with Crippen LogP contribution in [0.4, 0.5) is 5.82 Å². The maximum atomic E-state index is 12.9. The molecule has 0 radical (unpaired) electrons. The van der Waals surface area contributed by atoms with Gasteiger partial charge in [-0.2, -0.15) is 0 Å². The van der Waals surface area contributed by atoms with Crippen molar-refractivity contribution in [2.24, 2.45) is 0 Å². The van der Waals surface area contributed by atoms with E-state index in [9.17, 15) is 9.59 Å². The minimum Gasteiger partial charge on any atom is -0.423 e. The van der Waals surface area contributed by atoms with Crippen LogP contribution in [0.5, 0.6) is 5.75 Å². The highest BCUT2D eigenvalue weighted by Gasteiger charge is 2.18. The van der Waals surface area contributed by atoms with E-state index in [2.05, 4.69) is 12.2 Å². The lowest BCUT2D eigenvalue weighted by Gasteiger charge is -2.09. The van der Waals surface area contributed by atoms with E-state index in [1.807, 2.05) is 56.3 Å². The third-order valence-electron chi connectivity index (χ3n) is 5.57. The predicted molar refractivity (Wildman–Crippen MR) is 151 cm³/mol. The topological polar surface area (TPSA) is 81.2 Å². The van der Waals surface area contributed by atoms with Crippen molar-refractivity contribution < 1.29 is 14.3 Å². The van der Waals surface area contributed by atoms with Gasteiger partial charge in [-0.1, -0.05) is 69.7 Å². The molecule has 0 atom stereocenters. The second-order valence-corrected chi connectivity index (χ2v) is 9.19. The number of carbonyl (C=O) groups excluding carboxylic acids is 2. The van der Waals surface area contributed by atoms with Crippen LogP contribution in [-0.4, -0.2) is 21.8 Å². The summed E-state index contributed by atoms with van der Waals surface area (Å²) >= 11 is 1.60. The number of rotatable bonds is 7. The summed E-state index contributed by atoms with van der Waals surface area (Å²) in [5, 5.41) is 4.81. The second-order valence-electron chi connectivity index (χ2n) is 8.10. The number of nitrogens with one attached hydrogen (secondary N) is 1. The molecule has 2 aromatic heterocycles. The zero-order valence-corrected chi connectivity index (χ0v) is 22.0. The van der Waals surface area contributed by atoms with Gasteiger partial charge >= 0.3 is 5.97 Å². The number of hydrogen-bond donors (Lipinski definition) is 1. The summed E-state index contributed by atoms with van der Waals surface area (Å²) in [5.74, 6) is 0.123. The number of esters is 1. The van der Waals surface area contributed by atoms with Crippen LogP contribution < -0.4 is 10.1 Å². The van der Waals surface area contributed by atoms with Gasteiger partial charge in [0.2, 0.25) is 0 Å². The van der Waals surface area contributed by atoms with Crippen LogP contribution in [0.3, 0.4) is 0 Å². The number of aryl methyl sites for hydroxylation is 1. The fraction of sp³-hybridized carbons (Fsp3) is 0.200. The average molecular weight is 512 g/mol. The number of ether oxygens (including phenoxy) is 1. The Bertz CT molecular complexity index is 1520. The van der Waals surface area contributed by atoms with E-state index in [0.717, 1.165) is 34.4 Å². The monoisotopic (exact) mass is 511 g/mol. The number of aromatic nitrogens is 2. The highest BCUT2D eigenvalue weighted by atomic mass is 32.1. The molecule has 0 fully saturated rings. The van der Waals surface area contributed by atoms with Gasteiger partial charge in [-0.15, -0.1) is 11.3 Å². The number of nitrogens with zero attached hydrogens (tertiary/aromatic N) is 2. The van der Waals surface area contributed by atoms with E-state index in [0.29, 0.717) is 33.7 Å². The molecular weight excluding hydrogens is 482 g/mol. The highest BCUT2D eigenvalue weighted by molar-refractivity contribution is 7.19. The molecule has 5 rings (SSSR count). The Morgan fingerprint density at radius 2 is 1.59 bits per heavy atom. The molecule has 37 heavy (non-hydrogen) atoms. The Balaban J connectivity index is 0.00000156. The van der Waals surface area contributed by atoms with Gasteiger partial charge in [0.15, 0.2) is 5.82 Å². The number of para-hydroxylation sites is 1. The quantitative estimate of drug-likeness (QED) is 0.179. The number of anilines is 1. The number of carbonyl (C=O) groups is 2. The zero-order valence-electron chi connectivity index (χ0n) is 21.2. The molecule has 0 saturated carbocycles. The summed E-state index contributed by atoms with van der Waals surface area (Å²) in [6.45, 7) is 6.14. The van der Waals surface area contributed by atoms with Crippen LogP contribution in [0.2, 0.25) is 0 Å². The number of fused-ring (bicyclic) bond motifs is 3. The normalized spacial score (nSPS) is 10.6. The Morgan fingerprint density at radius 1 is 0.892 bits per heavy atom. The van der Waals surface area contributed by atoms with Crippen LogP contribution in [-0.2, 0) is 6.42 Å². The maximum Gasteiger partial charge on any atom is 0.343 e. The number of thiazole rings is 1. The average Bonchev–Trinajstić information content (AvgIpc) is 3.38. The van der Waals surface area contributed by atoms with Crippen molar-refractivity contribution in [3.05, 3.63) is 95.0 Å². The summed E-state index contributed by atoms with van der Waals surface area (Å²) in [7, 11) is 0. The molecule has 0 spiro atoms.